The van der Waals surface area contributed by atoms with Crippen LogP contribution < -0.4 is 16.6 Å². The second kappa shape index (κ2) is 7.41. The first-order chi connectivity index (χ1) is 15.4. The van der Waals surface area contributed by atoms with Crippen molar-refractivity contribution in [2.75, 3.05) is 11.1 Å². The molecule has 32 heavy (non-hydrogen) atoms. The first kappa shape index (κ1) is 19.6. The van der Waals surface area contributed by atoms with Gasteiger partial charge in [-0.15, -0.1) is 0 Å². The zero-order valence-corrected chi connectivity index (χ0v) is 17.3. The molecule has 0 aliphatic carbocycles. The molecule has 0 aliphatic rings. The van der Waals surface area contributed by atoms with Gasteiger partial charge in [0.05, 0.1) is 23.6 Å². The number of nitrogens with two attached hydrogens (primary N) is 1. The van der Waals surface area contributed by atoms with E-state index in [0.717, 1.165) is 5.69 Å². The molecule has 0 spiro atoms. The molecule has 5 rings (SSSR count). The molecule has 1 unspecified atom stereocenters. The highest BCUT2D eigenvalue weighted by Crippen LogP contribution is 2.29. The van der Waals surface area contributed by atoms with Crippen molar-refractivity contribution in [2.45, 2.75) is 19.9 Å². The SMILES string of the molecule is Cc1cccc2nc(C(C)Nc3nc(N)nc4nc[nH]c34)c(-c3cccc(F)c3)c(=O)n12. The van der Waals surface area contributed by atoms with Crippen LogP contribution in [0, 0.1) is 12.7 Å². The maximum absolute atomic E-state index is 14.1. The first-order valence-corrected chi connectivity index (χ1v) is 9.93. The topological polar surface area (TPSA) is 127 Å². The number of H-pyrrole nitrogens is 1. The van der Waals surface area contributed by atoms with Crippen molar-refractivity contribution in [3.63, 3.8) is 0 Å². The number of hydrogen-bond donors (Lipinski definition) is 3. The Kier molecular flexibility index (Phi) is 4.54. The quantitative estimate of drug-likeness (QED) is 0.399. The molecule has 0 fully saturated rings. The minimum absolute atomic E-state index is 0.0619. The fraction of sp³-hybridized carbons (Fsp3) is 0.136. The number of rotatable bonds is 4. The van der Waals surface area contributed by atoms with Crippen LogP contribution in [0.2, 0.25) is 0 Å². The van der Waals surface area contributed by atoms with Crippen LogP contribution in [0.25, 0.3) is 27.9 Å². The van der Waals surface area contributed by atoms with Crippen molar-refractivity contribution >= 4 is 28.6 Å². The van der Waals surface area contributed by atoms with Gasteiger partial charge in [-0.05, 0) is 43.7 Å². The van der Waals surface area contributed by atoms with Gasteiger partial charge in [0.1, 0.15) is 17.0 Å². The van der Waals surface area contributed by atoms with E-state index < -0.39 is 11.9 Å². The predicted octanol–water partition coefficient (Wildman–Crippen LogP) is 3.23. The third kappa shape index (κ3) is 3.22. The minimum atomic E-state index is -0.479. The Balaban J connectivity index is 1.72. The molecule has 0 amide bonds. The standard InChI is InChI=1S/C22H19FN8O/c1-11-5-3-8-15-28-17(16(21(32)31(11)15)13-6-4-7-14(23)9-13)12(2)27-20-18-19(26-10-25-18)29-22(24)30-20/h3-10,12H,1-2H3,(H4,24,25,26,27,29,30). The summed E-state index contributed by atoms with van der Waals surface area (Å²) in [7, 11) is 0. The van der Waals surface area contributed by atoms with Crippen molar-refractivity contribution in [2.24, 2.45) is 0 Å². The molecule has 160 valence electrons. The van der Waals surface area contributed by atoms with Gasteiger partial charge in [-0.1, -0.05) is 18.2 Å². The molecular formula is C22H19FN8O. The number of nitrogens with zero attached hydrogens (tertiary/aromatic N) is 5. The number of fused-ring (bicyclic) bond motifs is 2. The molecule has 0 radical (unpaired) electrons. The van der Waals surface area contributed by atoms with Crippen molar-refractivity contribution in [3.8, 4) is 11.1 Å². The smallest absolute Gasteiger partial charge is 0.266 e. The number of imidazole rings is 1. The largest absolute Gasteiger partial charge is 0.368 e. The fourth-order valence-electron chi connectivity index (χ4n) is 3.81. The summed E-state index contributed by atoms with van der Waals surface area (Å²) in [5, 5.41) is 3.25. The Morgan fingerprint density at radius 3 is 2.78 bits per heavy atom. The Hall–Kier alpha value is -4.34. The van der Waals surface area contributed by atoms with E-state index in [1.807, 2.05) is 26.0 Å². The molecule has 0 saturated heterocycles. The number of aryl methyl sites for hydroxylation is 1. The number of halogens is 1. The van der Waals surface area contributed by atoms with Crippen LogP contribution >= 0.6 is 0 Å². The molecule has 0 aliphatic heterocycles. The third-order valence-corrected chi connectivity index (χ3v) is 5.25. The molecule has 0 saturated carbocycles. The second-order valence-electron chi connectivity index (χ2n) is 7.45. The lowest BCUT2D eigenvalue weighted by Crippen LogP contribution is -2.24. The number of nitrogen functional groups attached to an aromatic ring is 1. The summed E-state index contributed by atoms with van der Waals surface area (Å²) in [6.07, 6.45) is 1.50. The van der Waals surface area contributed by atoms with E-state index in [1.165, 1.54) is 22.9 Å². The Morgan fingerprint density at radius 2 is 1.97 bits per heavy atom. The predicted molar refractivity (Wildman–Crippen MR) is 120 cm³/mol. The summed E-state index contributed by atoms with van der Waals surface area (Å²) in [4.78, 5) is 33.8. The average molecular weight is 430 g/mol. The van der Waals surface area contributed by atoms with Crippen LogP contribution in [-0.2, 0) is 0 Å². The lowest BCUT2D eigenvalue weighted by molar-refractivity contribution is 0.628. The van der Waals surface area contributed by atoms with E-state index in [9.17, 15) is 9.18 Å². The van der Waals surface area contributed by atoms with Crippen molar-refractivity contribution in [3.05, 3.63) is 76.4 Å². The summed E-state index contributed by atoms with van der Waals surface area (Å²) in [6.45, 7) is 3.67. The van der Waals surface area contributed by atoms with Gasteiger partial charge in [0.2, 0.25) is 5.95 Å². The van der Waals surface area contributed by atoms with Gasteiger partial charge in [0.25, 0.3) is 5.56 Å². The van der Waals surface area contributed by atoms with Gasteiger partial charge in [-0.25, -0.2) is 14.4 Å². The van der Waals surface area contributed by atoms with Crippen LogP contribution in [-0.4, -0.2) is 29.3 Å². The van der Waals surface area contributed by atoms with Gasteiger partial charge >= 0.3 is 0 Å². The van der Waals surface area contributed by atoms with Crippen molar-refractivity contribution in [1.29, 1.82) is 0 Å². The van der Waals surface area contributed by atoms with E-state index in [0.29, 0.717) is 39.4 Å². The monoisotopic (exact) mass is 430 g/mol. The van der Waals surface area contributed by atoms with E-state index in [1.54, 1.807) is 18.2 Å². The summed E-state index contributed by atoms with van der Waals surface area (Å²) < 4.78 is 15.6. The minimum Gasteiger partial charge on any atom is -0.368 e. The zero-order chi connectivity index (χ0) is 22.4. The van der Waals surface area contributed by atoms with Gasteiger partial charge in [0.15, 0.2) is 11.5 Å². The molecule has 0 bridgehead atoms. The highest BCUT2D eigenvalue weighted by molar-refractivity contribution is 5.83. The number of hydrogen-bond acceptors (Lipinski definition) is 7. The van der Waals surface area contributed by atoms with E-state index in [4.69, 9.17) is 10.7 Å². The molecule has 4 heterocycles. The maximum Gasteiger partial charge on any atom is 0.266 e. The van der Waals surface area contributed by atoms with Crippen LogP contribution in [0.1, 0.15) is 24.4 Å². The summed E-state index contributed by atoms with van der Waals surface area (Å²) in [5.41, 5.74) is 8.96. The van der Waals surface area contributed by atoms with Gasteiger partial charge < -0.3 is 16.0 Å². The third-order valence-electron chi connectivity index (χ3n) is 5.25. The number of benzene rings is 1. The lowest BCUT2D eigenvalue weighted by Gasteiger charge is -2.19. The highest BCUT2D eigenvalue weighted by atomic mass is 19.1. The summed E-state index contributed by atoms with van der Waals surface area (Å²) in [5.74, 6) is 0.0480. The van der Waals surface area contributed by atoms with Gasteiger partial charge in [0, 0.05) is 5.69 Å². The average Bonchev–Trinajstić information content (AvgIpc) is 3.22. The lowest BCUT2D eigenvalue weighted by atomic mass is 10.0. The second-order valence-corrected chi connectivity index (χ2v) is 7.45. The van der Waals surface area contributed by atoms with Crippen LogP contribution in [0.3, 0.4) is 0 Å². The summed E-state index contributed by atoms with van der Waals surface area (Å²) >= 11 is 0. The van der Waals surface area contributed by atoms with E-state index >= 15 is 0 Å². The summed E-state index contributed by atoms with van der Waals surface area (Å²) in [6, 6.07) is 10.9. The Labute approximate surface area is 181 Å². The van der Waals surface area contributed by atoms with Crippen LogP contribution in [0.15, 0.2) is 53.6 Å². The molecule has 10 heteroatoms. The number of pyridine rings is 1. The first-order valence-electron chi connectivity index (χ1n) is 9.93. The molecule has 5 aromatic rings. The van der Waals surface area contributed by atoms with Crippen molar-refractivity contribution in [1.82, 2.24) is 29.3 Å². The number of anilines is 2. The molecule has 9 nitrogen and oxygen atoms in total. The van der Waals surface area contributed by atoms with E-state index in [-0.39, 0.29) is 11.5 Å². The maximum atomic E-state index is 14.1. The van der Waals surface area contributed by atoms with Gasteiger partial charge in [-0.3, -0.25) is 9.20 Å². The van der Waals surface area contributed by atoms with Crippen molar-refractivity contribution < 1.29 is 4.39 Å². The Morgan fingerprint density at radius 1 is 1.16 bits per heavy atom. The van der Waals surface area contributed by atoms with Crippen LogP contribution in [0.4, 0.5) is 16.2 Å². The Bertz CT molecular complexity index is 1540. The molecule has 4 aromatic heterocycles. The molecule has 1 atom stereocenters. The highest BCUT2D eigenvalue weighted by Gasteiger charge is 2.22. The molecular weight excluding hydrogens is 411 g/mol. The number of nitrogens with one attached hydrogen (secondary N) is 2. The normalized spacial score (nSPS) is 12.3. The van der Waals surface area contributed by atoms with Gasteiger partial charge in [-0.2, -0.15) is 9.97 Å². The van der Waals surface area contributed by atoms with Crippen LogP contribution in [0.5, 0.6) is 0 Å². The zero-order valence-electron chi connectivity index (χ0n) is 17.3. The molecule has 4 N–H and O–H groups in total. The fourth-order valence-corrected chi connectivity index (χ4v) is 3.81. The number of aromatic nitrogens is 6. The van der Waals surface area contributed by atoms with E-state index in [2.05, 4.69) is 25.3 Å². The molecule has 1 aromatic carbocycles. The number of aromatic amines is 1.